The molecule has 0 saturated carbocycles. The summed E-state index contributed by atoms with van der Waals surface area (Å²) in [6.07, 6.45) is 7.23. The fourth-order valence-electron chi connectivity index (χ4n) is 4.06. The lowest BCUT2D eigenvalue weighted by Crippen LogP contribution is -2.35. The average Bonchev–Trinajstić information content (AvgIpc) is 3.17. The fraction of sp³-hybridized carbons (Fsp3) is 0.391. The molecule has 28 heavy (non-hydrogen) atoms. The molecule has 1 aliphatic rings. The van der Waals surface area contributed by atoms with E-state index in [1.165, 1.54) is 24.1 Å². The molecule has 1 saturated heterocycles. The van der Waals surface area contributed by atoms with Gasteiger partial charge in [-0.25, -0.2) is 4.98 Å². The highest BCUT2D eigenvalue weighted by Gasteiger charge is 2.23. The molecular formula is C23H27ClN4. The van der Waals surface area contributed by atoms with Gasteiger partial charge in [-0.1, -0.05) is 29.8 Å². The third-order valence-corrected chi connectivity index (χ3v) is 5.81. The van der Waals surface area contributed by atoms with Crippen LogP contribution in [0.2, 0.25) is 5.02 Å². The minimum Gasteiger partial charge on any atom is -0.334 e. The smallest absolute Gasteiger partial charge is 0.122 e. The summed E-state index contributed by atoms with van der Waals surface area (Å²) in [6.45, 7) is 6.24. The standard InChI is InChI=1S/C23H27ClN4/c1-2-28-14-12-25-23(28)17-27-13-4-5-19(16-27)22-7-3-6-21(26-22)15-18-8-10-20(24)11-9-18/h3,6-12,14,19H,2,4-5,13,15-17H2,1H3/t19-/m0/s1. The number of aryl methyl sites for hydroxylation is 1. The molecule has 4 rings (SSSR count). The summed E-state index contributed by atoms with van der Waals surface area (Å²) in [7, 11) is 0. The Morgan fingerprint density at radius 1 is 1.14 bits per heavy atom. The number of hydrogen-bond donors (Lipinski definition) is 0. The molecule has 0 N–H and O–H groups in total. The lowest BCUT2D eigenvalue weighted by Gasteiger charge is -2.32. The molecule has 0 unspecified atom stereocenters. The van der Waals surface area contributed by atoms with E-state index in [9.17, 15) is 0 Å². The van der Waals surface area contributed by atoms with Crippen LogP contribution in [0.4, 0.5) is 0 Å². The predicted molar refractivity (Wildman–Crippen MR) is 114 cm³/mol. The number of likely N-dealkylation sites (tertiary alicyclic amines) is 1. The Bertz CT molecular complexity index is 903. The number of hydrogen-bond acceptors (Lipinski definition) is 3. The minimum absolute atomic E-state index is 0.490. The first-order valence-electron chi connectivity index (χ1n) is 10.1. The predicted octanol–water partition coefficient (Wildman–Crippen LogP) is 4.92. The molecule has 5 heteroatoms. The molecule has 1 fully saturated rings. The Hall–Kier alpha value is -2.17. The summed E-state index contributed by atoms with van der Waals surface area (Å²) >= 11 is 6.00. The van der Waals surface area contributed by atoms with Crippen LogP contribution < -0.4 is 0 Å². The van der Waals surface area contributed by atoms with Crippen molar-refractivity contribution in [3.8, 4) is 0 Å². The average molecular weight is 395 g/mol. The van der Waals surface area contributed by atoms with E-state index in [0.29, 0.717) is 5.92 Å². The van der Waals surface area contributed by atoms with Crippen molar-refractivity contribution in [1.29, 1.82) is 0 Å². The zero-order valence-corrected chi connectivity index (χ0v) is 17.1. The van der Waals surface area contributed by atoms with Crippen LogP contribution in [-0.4, -0.2) is 32.5 Å². The zero-order valence-electron chi connectivity index (χ0n) is 16.4. The largest absolute Gasteiger partial charge is 0.334 e. The van der Waals surface area contributed by atoms with Crippen LogP contribution in [0.1, 0.15) is 48.5 Å². The fourth-order valence-corrected chi connectivity index (χ4v) is 4.18. The van der Waals surface area contributed by atoms with E-state index >= 15 is 0 Å². The maximum absolute atomic E-state index is 6.00. The summed E-state index contributed by atoms with van der Waals surface area (Å²) in [4.78, 5) is 12.1. The second-order valence-corrected chi connectivity index (χ2v) is 8.00. The van der Waals surface area contributed by atoms with Gasteiger partial charge in [0.2, 0.25) is 0 Å². The van der Waals surface area contributed by atoms with Crippen molar-refractivity contribution in [1.82, 2.24) is 19.4 Å². The lowest BCUT2D eigenvalue weighted by molar-refractivity contribution is 0.192. The number of benzene rings is 1. The van der Waals surface area contributed by atoms with Crippen LogP contribution in [0.25, 0.3) is 0 Å². The zero-order chi connectivity index (χ0) is 19.3. The van der Waals surface area contributed by atoms with E-state index in [1.54, 1.807) is 0 Å². The van der Waals surface area contributed by atoms with Gasteiger partial charge in [-0.3, -0.25) is 9.88 Å². The highest BCUT2D eigenvalue weighted by Crippen LogP contribution is 2.27. The van der Waals surface area contributed by atoms with E-state index in [0.717, 1.165) is 49.1 Å². The van der Waals surface area contributed by atoms with Crippen molar-refractivity contribution in [2.75, 3.05) is 13.1 Å². The molecule has 1 aliphatic heterocycles. The normalized spacial score (nSPS) is 17.7. The van der Waals surface area contributed by atoms with E-state index in [2.05, 4.69) is 57.9 Å². The summed E-state index contributed by atoms with van der Waals surface area (Å²) in [5.74, 6) is 1.65. The summed E-state index contributed by atoms with van der Waals surface area (Å²) in [5, 5.41) is 0.775. The Kier molecular flexibility index (Phi) is 6.08. The number of nitrogens with zero attached hydrogens (tertiary/aromatic N) is 4. The Balaban J connectivity index is 1.44. The van der Waals surface area contributed by atoms with Crippen LogP contribution in [0.3, 0.4) is 0 Å². The Morgan fingerprint density at radius 2 is 2.00 bits per heavy atom. The maximum atomic E-state index is 6.00. The molecule has 0 aliphatic carbocycles. The van der Waals surface area contributed by atoms with E-state index in [-0.39, 0.29) is 0 Å². The summed E-state index contributed by atoms with van der Waals surface area (Å²) < 4.78 is 2.23. The number of halogens is 1. The third kappa shape index (κ3) is 4.62. The molecule has 3 heterocycles. The topological polar surface area (TPSA) is 34.0 Å². The van der Waals surface area contributed by atoms with Gasteiger partial charge in [0.1, 0.15) is 5.82 Å². The molecule has 4 nitrogen and oxygen atoms in total. The number of aromatic nitrogens is 3. The number of pyridine rings is 1. The molecule has 0 bridgehead atoms. The van der Waals surface area contributed by atoms with Gasteiger partial charge in [0.25, 0.3) is 0 Å². The van der Waals surface area contributed by atoms with Crippen molar-refractivity contribution >= 4 is 11.6 Å². The monoisotopic (exact) mass is 394 g/mol. The minimum atomic E-state index is 0.490. The summed E-state index contributed by atoms with van der Waals surface area (Å²) in [6, 6.07) is 14.5. The van der Waals surface area contributed by atoms with Crippen LogP contribution >= 0.6 is 11.6 Å². The number of piperidine rings is 1. The maximum Gasteiger partial charge on any atom is 0.122 e. The molecule has 2 aromatic heterocycles. The van der Waals surface area contributed by atoms with E-state index in [1.807, 2.05) is 18.3 Å². The molecule has 0 radical (unpaired) electrons. The Labute approximate surface area is 172 Å². The molecule has 0 spiro atoms. The van der Waals surface area contributed by atoms with E-state index < -0.39 is 0 Å². The first-order chi connectivity index (χ1) is 13.7. The van der Waals surface area contributed by atoms with Crippen LogP contribution in [0, 0.1) is 0 Å². The first kappa shape index (κ1) is 19.2. The molecule has 1 atom stereocenters. The van der Waals surface area contributed by atoms with Crippen molar-refractivity contribution in [3.63, 3.8) is 0 Å². The lowest BCUT2D eigenvalue weighted by atomic mass is 9.94. The van der Waals surface area contributed by atoms with Crippen molar-refractivity contribution in [2.45, 2.75) is 45.2 Å². The van der Waals surface area contributed by atoms with Gasteiger partial charge in [0.05, 0.1) is 6.54 Å². The quantitative estimate of drug-likeness (QED) is 0.595. The van der Waals surface area contributed by atoms with Crippen molar-refractivity contribution in [2.24, 2.45) is 0 Å². The van der Waals surface area contributed by atoms with Gasteiger partial charge >= 0.3 is 0 Å². The molecule has 0 amide bonds. The van der Waals surface area contributed by atoms with Gasteiger partial charge in [-0.2, -0.15) is 0 Å². The highest BCUT2D eigenvalue weighted by atomic mass is 35.5. The molecule has 3 aromatic rings. The molecule has 1 aromatic carbocycles. The number of imidazole rings is 1. The SMILES string of the molecule is CCn1ccnc1CN1CCC[C@H](c2cccc(Cc3ccc(Cl)cc3)n2)C1. The third-order valence-electron chi connectivity index (χ3n) is 5.56. The number of rotatable bonds is 6. The second kappa shape index (κ2) is 8.89. The first-order valence-corrected chi connectivity index (χ1v) is 10.5. The molecular weight excluding hydrogens is 368 g/mol. The van der Waals surface area contributed by atoms with Crippen LogP contribution in [-0.2, 0) is 19.5 Å². The Morgan fingerprint density at radius 3 is 2.82 bits per heavy atom. The second-order valence-electron chi connectivity index (χ2n) is 7.56. The summed E-state index contributed by atoms with van der Waals surface area (Å²) in [5.41, 5.74) is 3.58. The van der Waals surface area contributed by atoms with Gasteiger partial charge in [0, 0.05) is 54.2 Å². The van der Waals surface area contributed by atoms with Gasteiger partial charge in [-0.05, 0) is 56.1 Å². The van der Waals surface area contributed by atoms with Gasteiger partial charge < -0.3 is 4.57 Å². The van der Waals surface area contributed by atoms with Crippen LogP contribution in [0.5, 0.6) is 0 Å². The van der Waals surface area contributed by atoms with Crippen LogP contribution in [0.15, 0.2) is 54.9 Å². The highest BCUT2D eigenvalue weighted by molar-refractivity contribution is 6.30. The molecule has 146 valence electrons. The van der Waals surface area contributed by atoms with Crippen molar-refractivity contribution in [3.05, 3.63) is 82.7 Å². The van der Waals surface area contributed by atoms with Gasteiger partial charge in [0.15, 0.2) is 0 Å². The van der Waals surface area contributed by atoms with Crippen molar-refractivity contribution < 1.29 is 0 Å². The van der Waals surface area contributed by atoms with Gasteiger partial charge in [-0.15, -0.1) is 0 Å². The van der Waals surface area contributed by atoms with E-state index in [4.69, 9.17) is 16.6 Å².